The Hall–Kier alpha value is -0.610. The van der Waals surface area contributed by atoms with Crippen LogP contribution in [0.1, 0.15) is 25.7 Å². The smallest absolute Gasteiger partial charge is 0.228 e. The van der Waals surface area contributed by atoms with E-state index in [1.165, 1.54) is 6.42 Å². The van der Waals surface area contributed by atoms with E-state index in [9.17, 15) is 4.79 Å². The summed E-state index contributed by atoms with van der Waals surface area (Å²) >= 11 is 0. The average Bonchev–Trinajstić information content (AvgIpc) is 2.82. The molecule has 2 N–H and O–H groups in total. The van der Waals surface area contributed by atoms with Crippen LogP contribution < -0.4 is 5.73 Å². The SMILES string of the molecule is NCCC1CCCN(C(=O)C2CCOC2)C1. The number of hydrogen-bond acceptors (Lipinski definition) is 3. The highest BCUT2D eigenvalue weighted by Crippen LogP contribution is 2.23. The lowest BCUT2D eigenvalue weighted by molar-refractivity contribution is -0.137. The zero-order chi connectivity index (χ0) is 11.4. The summed E-state index contributed by atoms with van der Waals surface area (Å²) in [6.07, 6.45) is 4.30. The molecule has 2 aliphatic rings. The maximum Gasteiger partial charge on any atom is 0.228 e. The Morgan fingerprint density at radius 3 is 3.00 bits per heavy atom. The van der Waals surface area contributed by atoms with Crippen molar-refractivity contribution in [1.82, 2.24) is 4.90 Å². The molecule has 1 amide bonds. The van der Waals surface area contributed by atoms with Crippen LogP contribution in [0, 0.1) is 11.8 Å². The minimum atomic E-state index is 0.122. The van der Waals surface area contributed by atoms with Crippen molar-refractivity contribution in [3.63, 3.8) is 0 Å². The van der Waals surface area contributed by atoms with Crippen LogP contribution in [0.15, 0.2) is 0 Å². The number of likely N-dealkylation sites (tertiary alicyclic amines) is 1. The summed E-state index contributed by atoms with van der Waals surface area (Å²) in [6.45, 7) is 3.94. The standard InChI is InChI=1S/C12H22N2O2/c13-5-3-10-2-1-6-14(8-10)12(15)11-4-7-16-9-11/h10-11H,1-9,13H2. The normalized spacial score (nSPS) is 30.7. The predicted octanol–water partition coefficient (Wildman–Crippen LogP) is 0.610. The van der Waals surface area contributed by atoms with E-state index in [4.69, 9.17) is 10.5 Å². The van der Waals surface area contributed by atoms with E-state index in [2.05, 4.69) is 0 Å². The molecule has 0 bridgehead atoms. The molecule has 16 heavy (non-hydrogen) atoms. The highest BCUT2D eigenvalue weighted by molar-refractivity contribution is 5.79. The van der Waals surface area contributed by atoms with Crippen molar-refractivity contribution in [2.75, 3.05) is 32.8 Å². The first-order valence-electron chi connectivity index (χ1n) is 6.38. The third-order valence-electron chi connectivity index (χ3n) is 3.68. The summed E-state index contributed by atoms with van der Waals surface area (Å²) in [5.41, 5.74) is 5.58. The number of hydrogen-bond donors (Lipinski definition) is 1. The third-order valence-corrected chi connectivity index (χ3v) is 3.68. The fourth-order valence-electron chi connectivity index (χ4n) is 2.72. The molecule has 2 aliphatic heterocycles. The molecule has 2 heterocycles. The van der Waals surface area contributed by atoms with E-state index >= 15 is 0 Å². The van der Waals surface area contributed by atoms with Gasteiger partial charge in [-0.15, -0.1) is 0 Å². The number of carbonyl (C=O) groups is 1. The first kappa shape index (κ1) is 11.9. The fraction of sp³-hybridized carbons (Fsp3) is 0.917. The largest absolute Gasteiger partial charge is 0.381 e. The third kappa shape index (κ3) is 2.74. The van der Waals surface area contributed by atoms with Crippen LogP contribution in [0.4, 0.5) is 0 Å². The molecular formula is C12H22N2O2. The van der Waals surface area contributed by atoms with Crippen molar-refractivity contribution in [3.05, 3.63) is 0 Å². The Balaban J connectivity index is 1.85. The summed E-state index contributed by atoms with van der Waals surface area (Å²) < 4.78 is 5.28. The first-order chi connectivity index (χ1) is 7.81. The average molecular weight is 226 g/mol. The van der Waals surface area contributed by atoms with Gasteiger partial charge in [-0.1, -0.05) is 0 Å². The predicted molar refractivity (Wildman–Crippen MR) is 61.9 cm³/mol. The molecule has 2 saturated heterocycles. The van der Waals surface area contributed by atoms with Gasteiger partial charge in [-0.05, 0) is 38.1 Å². The van der Waals surface area contributed by atoms with Crippen LogP contribution in [0.3, 0.4) is 0 Å². The highest BCUT2D eigenvalue weighted by Gasteiger charge is 2.30. The minimum Gasteiger partial charge on any atom is -0.381 e. The number of nitrogens with two attached hydrogens (primary N) is 1. The van der Waals surface area contributed by atoms with Crippen molar-refractivity contribution >= 4 is 5.91 Å². The van der Waals surface area contributed by atoms with Gasteiger partial charge in [0, 0.05) is 19.7 Å². The van der Waals surface area contributed by atoms with Crippen LogP contribution in [0.25, 0.3) is 0 Å². The van der Waals surface area contributed by atoms with Gasteiger partial charge < -0.3 is 15.4 Å². The maximum atomic E-state index is 12.2. The molecule has 0 aromatic rings. The molecule has 2 fully saturated rings. The molecule has 0 aromatic heterocycles. The van der Waals surface area contributed by atoms with Gasteiger partial charge in [0.25, 0.3) is 0 Å². The van der Waals surface area contributed by atoms with E-state index in [0.717, 1.165) is 45.5 Å². The summed E-state index contributed by atoms with van der Waals surface area (Å²) in [6, 6.07) is 0. The number of carbonyl (C=O) groups excluding carboxylic acids is 1. The van der Waals surface area contributed by atoms with Crippen molar-refractivity contribution in [1.29, 1.82) is 0 Å². The lowest BCUT2D eigenvalue weighted by atomic mass is 9.93. The molecule has 0 aromatic carbocycles. The maximum absolute atomic E-state index is 12.2. The van der Waals surface area contributed by atoms with Crippen molar-refractivity contribution in [3.8, 4) is 0 Å². The second-order valence-corrected chi connectivity index (χ2v) is 4.93. The number of rotatable bonds is 3. The van der Waals surface area contributed by atoms with E-state index in [-0.39, 0.29) is 5.92 Å². The van der Waals surface area contributed by atoms with Gasteiger partial charge in [0.05, 0.1) is 12.5 Å². The number of piperidine rings is 1. The quantitative estimate of drug-likeness (QED) is 0.767. The van der Waals surface area contributed by atoms with Crippen LogP contribution in [0.2, 0.25) is 0 Å². The Kier molecular flexibility index (Phi) is 4.18. The van der Waals surface area contributed by atoms with Crippen molar-refractivity contribution < 1.29 is 9.53 Å². The number of ether oxygens (including phenoxy) is 1. The van der Waals surface area contributed by atoms with E-state index < -0.39 is 0 Å². The summed E-state index contributed by atoms with van der Waals surface area (Å²) in [5.74, 6) is 1.04. The molecule has 4 heteroatoms. The molecular weight excluding hydrogens is 204 g/mol. The fourth-order valence-corrected chi connectivity index (χ4v) is 2.72. The van der Waals surface area contributed by atoms with Gasteiger partial charge in [0.15, 0.2) is 0 Å². The highest BCUT2D eigenvalue weighted by atomic mass is 16.5. The van der Waals surface area contributed by atoms with E-state index in [1.54, 1.807) is 0 Å². The Labute approximate surface area is 97.1 Å². The zero-order valence-corrected chi connectivity index (χ0v) is 9.86. The van der Waals surface area contributed by atoms with Gasteiger partial charge in [-0.3, -0.25) is 4.79 Å². The van der Waals surface area contributed by atoms with Gasteiger partial charge in [-0.25, -0.2) is 0 Å². The van der Waals surface area contributed by atoms with Crippen LogP contribution in [-0.4, -0.2) is 43.7 Å². The van der Waals surface area contributed by atoms with E-state index in [1.807, 2.05) is 4.90 Å². The number of nitrogens with zero attached hydrogens (tertiary/aromatic N) is 1. The van der Waals surface area contributed by atoms with Crippen molar-refractivity contribution in [2.24, 2.45) is 17.6 Å². The number of amides is 1. The molecule has 2 unspecified atom stereocenters. The molecule has 92 valence electrons. The lowest BCUT2D eigenvalue weighted by Gasteiger charge is -2.34. The summed E-state index contributed by atoms with van der Waals surface area (Å²) in [4.78, 5) is 14.2. The molecule has 0 spiro atoms. The van der Waals surface area contributed by atoms with E-state index in [0.29, 0.717) is 18.4 Å². The van der Waals surface area contributed by atoms with Gasteiger partial charge >= 0.3 is 0 Å². The zero-order valence-electron chi connectivity index (χ0n) is 9.86. The minimum absolute atomic E-state index is 0.122. The monoisotopic (exact) mass is 226 g/mol. The molecule has 2 atom stereocenters. The van der Waals surface area contributed by atoms with Gasteiger partial charge in [0.2, 0.25) is 5.91 Å². The van der Waals surface area contributed by atoms with Gasteiger partial charge in [0.1, 0.15) is 0 Å². The summed E-state index contributed by atoms with van der Waals surface area (Å²) in [7, 11) is 0. The topological polar surface area (TPSA) is 55.6 Å². The van der Waals surface area contributed by atoms with Crippen molar-refractivity contribution in [2.45, 2.75) is 25.7 Å². The second kappa shape index (κ2) is 5.64. The first-order valence-corrected chi connectivity index (χ1v) is 6.38. The molecule has 0 radical (unpaired) electrons. The summed E-state index contributed by atoms with van der Waals surface area (Å²) in [5, 5.41) is 0. The van der Waals surface area contributed by atoms with Crippen LogP contribution >= 0.6 is 0 Å². The Morgan fingerprint density at radius 1 is 1.44 bits per heavy atom. The Morgan fingerprint density at radius 2 is 2.31 bits per heavy atom. The molecule has 4 nitrogen and oxygen atoms in total. The van der Waals surface area contributed by atoms with Crippen LogP contribution in [0.5, 0.6) is 0 Å². The lowest BCUT2D eigenvalue weighted by Crippen LogP contribution is -2.43. The van der Waals surface area contributed by atoms with Crippen LogP contribution in [-0.2, 0) is 9.53 Å². The molecule has 0 aliphatic carbocycles. The second-order valence-electron chi connectivity index (χ2n) is 4.93. The molecule has 0 saturated carbocycles. The Bertz CT molecular complexity index is 237. The molecule has 2 rings (SSSR count). The van der Waals surface area contributed by atoms with Gasteiger partial charge in [-0.2, -0.15) is 0 Å².